The Morgan fingerprint density at radius 2 is 2.15 bits per heavy atom. The van der Waals surface area contributed by atoms with E-state index in [4.69, 9.17) is 4.74 Å². The Bertz CT molecular complexity index is 1000. The molecule has 9 heteroatoms. The van der Waals surface area contributed by atoms with Crippen molar-refractivity contribution >= 4 is 11.7 Å². The number of nitrogens with one attached hydrogen (secondary N) is 1. The maximum atomic E-state index is 13.7. The second kappa shape index (κ2) is 7.02. The molecule has 1 amide bonds. The third-order valence-corrected chi connectivity index (χ3v) is 4.18. The molecule has 1 aromatic carbocycles. The van der Waals surface area contributed by atoms with E-state index < -0.39 is 17.5 Å². The van der Waals surface area contributed by atoms with E-state index in [9.17, 15) is 14.3 Å². The molecule has 0 fully saturated rings. The van der Waals surface area contributed by atoms with Crippen LogP contribution >= 0.6 is 0 Å². The summed E-state index contributed by atoms with van der Waals surface area (Å²) in [6.07, 6.45) is 3.07. The average Bonchev–Trinajstić information content (AvgIpc) is 3.12. The first-order valence-corrected chi connectivity index (χ1v) is 8.44. The van der Waals surface area contributed by atoms with Crippen molar-refractivity contribution in [3.05, 3.63) is 48.0 Å². The number of halogens is 1. The van der Waals surface area contributed by atoms with Crippen molar-refractivity contribution in [3.63, 3.8) is 0 Å². The van der Waals surface area contributed by atoms with Crippen LogP contribution in [-0.2, 0) is 6.54 Å². The zero-order valence-corrected chi connectivity index (χ0v) is 14.2. The maximum Gasteiger partial charge on any atom is 0.260 e. The third-order valence-electron chi connectivity index (χ3n) is 4.18. The van der Waals surface area contributed by atoms with E-state index in [1.54, 1.807) is 24.5 Å². The van der Waals surface area contributed by atoms with Crippen molar-refractivity contribution in [2.24, 2.45) is 0 Å². The summed E-state index contributed by atoms with van der Waals surface area (Å²) in [7, 11) is 0. The summed E-state index contributed by atoms with van der Waals surface area (Å²) in [4.78, 5) is 17.0. The fraction of sp³-hybridized carbons (Fsp3) is 0.222. The standard InChI is InChI=1S/C18H16FN5O3/c19-12-9-15-11(8-14(12)25)18(26)22-16-5-3-4-13(21-16)17-23-20-10-24(17)6-1-2-7-27-15/h3-5,8-10,25H,1-2,6-7H2,(H,21,22,26). The lowest BCUT2D eigenvalue weighted by Gasteiger charge is -2.14. The third kappa shape index (κ3) is 3.43. The van der Waals surface area contributed by atoms with Gasteiger partial charge in [0.15, 0.2) is 17.4 Å². The van der Waals surface area contributed by atoms with Gasteiger partial charge in [0.1, 0.15) is 23.6 Å². The van der Waals surface area contributed by atoms with E-state index >= 15 is 0 Å². The molecule has 0 spiro atoms. The molecule has 1 aliphatic heterocycles. The minimum Gasteiger partial charge on any atom is -0.505 e. The minimum absolute atomic E-state index is 0.0290. The number of hydrogen-bond donors (Lipinski definition) is 2. The number of pyridine rings is 1. The Labute approximate surface area is 153 Å². The van der Waals surface area contributed by atoms with Gasteiger partial charge in [-0.15, -0.1) is 10.2 Å². The molecule has 0 saturated heterocycles. The molecule has 0 unspecified atom stereocenters. The van der Waals surface area contributed by atoms with Gasteiger partial charge in [-0.05, 0) is 31.0 Å². The van der Waals surface area contributed by atoms with Crippen LogP contribution in [0.4, 0.5) is 10.2 Å². The minimum atomic E-state index is -0.850. The SMILES string of the molecule is O=C1Nc2cccc(n2)-c2nncn2CCCCOc2cc(F)c(O)cc21. The van der Waals surface area contributed by atoms with Crippen LogP contribution in [0.3, 0.4) is 0 Å². The van der Waals surface area contributed by atoms with Crippen molar-refractivity contribution in [3.8, 4) is 23.0 Å². The lowest BCUT2D eigenvalue weighted by atomic mass is 10.1. The first kappa shape index (κ1) is 17.0. The van der Waals surface area contributed by atoms with E-state index in [0.717, 1.165) is 18.6 Å². The summed E-state index contributed by atoms with van der Waals surface area (Å²) >= 11 is 0. The second-order valence-corrected chi connectivity index (χ2v) is 6.07. The van der Waals surface area contributed by atoms with Gasteiger partial charge < -0.3 is 19.7 Å². The highest BCUT2D eigenvalue weighted by molar-refractivity contribution is 6.06. The molecule has 3 aromatic rings. The molecule has 2 bridgehead atoms. The second-order valence-electron chi connectivity index (χ2n) is 6.07. The van der Waals surface area contributed by atoms with E-state index in [1.165, 1.54) is 0 Å². The molecular weight excluding hydrogens is 353 g/mol. The largest absolute Gasteiger partial charge is 0.505 e. The molecule has 0 atom stereocenters. The van der Waals surface area contributed by atoms with Crippen molar-refractivity contribution in [2.45, 2.75) is 19.4 Å². The molecule has 8 nitrogen and oxygen atoms in total. The van der Waals surface area contributed by atoms with Crippen LogP contribution in [0.15, 0.2) is 36.7 Å². The van der Waals surface area contributed by atoms with Crippen molar-refractivity contribution in [1.29, 1.82) is 0 Å². The highest BCUT2D eigenvalue weighted by Crippen LogP contribution is 2.28. The molecule has 138 valence electrons. The van der Waals surface area contributed by atoms with E-state index in [2.05, 4.69) is 20.5 Å². The van der Waals surface area contributed by atoms with Crippen LogP contribution in [0, 0.1) is 5.82 Å². The fourth-order valence-corrected chi connectivity index (χ4v) is 2.84. The number of rotatable bonds is 0. The summed E-state index contributed by atoms with van der Waals surface area (Å²) in [6, 6.07) is 7.20. The molecular formula is C18H16FN5O3. The van der Waals surface area contributed by atoms with Gasteiger partial charge in [-0.2, -0.15) is 0 Å². The van der Waals surface area contributed by atoms with Crippen molar-refractivity contribution in [2.75, 3.05) is 11.9 Å². The van der Waals surface area contributed by atoms with E-state index in [-0.39, 0.29) is 11.3 Å². The van der Waals surface area contributed by atoms with Crippen LogP contribution in [0.2, 0.25) is 0 Å². The predicted octanol–water partition coefficient (Wildman–Crippen LogP) is 2.61. The van der Waals surface area contributed by atoms with E-state index in [1.807, 2.05) is 4.57 Å². The molecule has 27 heavy (non-hydrogen) atoms. The molecule has 2 N–H and O–H groups in total. The maximum absolute atomic E-state index is 13.7. The Kier molecular flexibility index (Phi) is 4.41. The van der Waals surface area contributed by atoms with Crippen molar-refractivity contribution < 1.29 is 19.0 Å². The van der Waals surface area contributed by atoms with Gasteiger partial charge in [-0.25, -0.2) is 9.37 Å². The Hall–Kier alpha value is -3.49. The van der Waals surface area contributed by atoms with Crippen LogP contribution in [-0.4, -0.2) is 37.4 Å². The summed E-state index contributed by atoms with van der Waals surface area (Å²) in [5.41, 5.74) is 0.599. The zero-order valence-electron chi connectivity index (χ0n) is 14.2. The smallest absolute Gasteiger partial charge is 0.260 e. The van der Waals surface area contributed by atoms with Gasteiger partial charge in [-0.3, -0.25) is 4.79 Å². The van der Waals surface area contributed by atoms with Crippen molar-refractivity contribution in [1.82, 2.24) is 19.7 Å². The number of aromatic nitrogens is 4. The number of anilines is 1. The van der Waals surface area contributed by atoms with Gasteiger partial charge >= 0.3 is 0 Å². The number of benzene rings is 1. The molecule has 1 aliphatic rings. The van der Waals surface area contributed by atoms with Gasteiger partial charge in [0.05, 0.1) is 12.2 Å². The highest BCUT2D eigenvalue weighted by atomic mass is 19.1. The normalized spacial score (nSPS) is 14.3. The quantitative estimate of drug-likeness (QED) is 0.632. The number of aryl methyl sites for hydroxylation is 1. The molecule has 0 radical (unpaired) electrons. The number of carbonyl (C=O) groups is 1. The predicted molar refractivity (Wildman–Crippen MR) is 94.0 cm³/mol. The number of hydrogen-bond acceptors (Lipinski definition) is 6. The van der Waals surface area contributed by atoms with E-state index in [0.29, 0.717) is 36.9 Å². The monoisotopic (exact) mass is 369 g/mol. The highest BCUT2D eigenvalue weighted by Gasteiger charge is 2.19. The molecule has 3 heterocycles. The van der Waals surface area contributed by atoms with Crippen LogP contribution in [0.5, 0.6) is 11.5 Å². The Morgan fingerprint density at radius 3 is 3.04 bits per heavy atom. The molecule has 2 aromatic heterocycles. The lowest BCUT2D eigenvalue weighted by Crippen LogP contribution is -2.16. The number of phenols is 1. The topological polar surface area (TPSA) is 102 Å². The number of amides is 1. The van der Waals surface area contributed by atoms with Crippen LogP contribution < -0.4 is 10.1 Å². The number of nitrogens with zero attached hydrogens (tertiary/aromatic N) is 4. The first-order chi connectivity index (χ1) is 13.1. The molecule has 0 aliphatic carbocycles. The first-order valence-electron chi connectivity index (χ1n) is 8.44. The fourth-order valence-electron chi connectivity index (χ4n) is 2.84. The van der Waals surface area contributed by atoms with Crippen LogP contribution in [0.25, 0.3) is 11.5 Å². The number of aromatic hydroxyl groups is 1. The Balaban J connectivity index is 1.75. The summed E-state index contributed by atoms with van der Waals surface area (Å²) in [6.45, 7) is 0.965. The lowest BCUT2D eigenvalue weighted by molar-refractivity contribution is 0.102. The summed E-state index contributed by atoms with van der Waals surface area (Å²) in [5.74, 6) is -1.08. The number of ether oxygens (including phenoxy) is 1. The number of fused-ring (bicyclic) bond motifs is 5. The summed E-state index contributed by atoms with van der Waals surface area (Å²) < 4.78 is 21.2. The van der Waals surface area contributed by atoms with Gasteiger partial charge in [-0.1, -0.05) is 6.07 Å². The van der Waals surface area contributed by atoms with Crippen LogP contribution in [0.1, 0.15) is 23.2 Å². The molecule has 4 rings (SSSR count). The van der Waals surface area contributed by atoms with Gasteiger partial charge in [0, 0.05) is 12.6 Å². The summed E-state index contributed by atoms with van der Waals surface area (Å²) in [5, 5.41) is 20.3. The number of phenolic OH excluding ortho intramolecular Hbond substituents is 1. The van der Waals surface area contributed by atoms with Gasteiger partial charge in [0.25, 0.3) is 5.91 Å². The molecule has 0 saturated carbocycles. The number of carbonyl (C=O) groups excluding carboxylic acids is 1. The zero-order chi connectivity index (χ0) is 18.8. The Morgan fingerprint density at radius 1 is 1.26 bits per heavy atom. The average molecular weight is 369 g/mol. The van der Waals surface area contributed by atoms with Gasteiger partial charge in [0.2, 0.25) is 0 Å².